The summed E-state index contributed by atoms with van der Waals surface area (Å²) in [6.45, 7) is 2.22. The molecule has 0 nitrogen and oxygen atoms in total. The Bertz CT molecular complexity index is 1780. The lowest BCUT2D eigenvalue weighted by molar-refractivity contribution is 1.51. The Balaban J connectivity index is 1.72. The van der Waals surface area contributed by atoms with Crippen molar-refractivity contribution in [3.8, 4) is 22.3 Å². The second-order valence-corrected chi connectivity index (χ2v) is 13.3. The van der Waals surface area contributed by atoms with Gasteiger partial charge in [-0.2, -0.15) is 0 Å². The molecule has 0 amide bonds. The van der Waals surface area contributed by atoms with Crippen molar-refractivity contribution in [3.05, 3.63) is 121 Å². The van der Waals surface area contributed by atoms with E-state index in [4.69, 9.17) is 0 Å². The van der Waals surface area contributed by atoms with Crippen LogP contribution >= 0.6 is 0 Å². The maximum atomic E-state index is 2.43. The molecule has 2 heterocycles. The van der Waals surface area contributed by atoms with Gasteiger partial charge >= 0.3 is 0 Å². The average molecular weight is 447 g/mol. The number of hydrogen-bond acceptors (Lipinski definition) is 0. The highest BCUT2D eigenvalue weighted by Crippen LogP contribution is 2.42. The van der Waals surface area contributed by atoms with Crippen LogP contribution in [0.2, 0.25) is 0 Å². The van der Waals surface area contributed by atoms with Crippen LogP contribution in [0.4, 0.5) is 0 Å². The Hall–Kier alpha value is -3.94. The average Bonchev–Trinajstić information content (AvgIpc) is 3.37. The molecule has 0 bridgehead atoms. The van der Waals surface area contributed by atoms with E-state index >= 15 is 0 Å². The highest BCUT2D eigenvalue weighted by Gasteiger charge is 2.54. The summed E-state index contributed by atoms with van der Waals surface area (Å²) in [7, 11) is -2.45. The first-order valence-electron chi connectivity index (χ1n) is 12.0. The SMILES string of the molecule is Cc1ccc2c(c1)c1c(c3ccccc32)[Si]2(c3ccccc3-c3ccccc32)c2ccccc2-1. The minimum atomic E-state index is -2.45. The standard InChI is InChI=1S/C33H22Si/c1-21-18-19-23-22-10-2-3-13-26(22)33-32(28(23)20-21)27-14-6-9-17-31(27)34(33)29-15-7-4-11-24(29)25-12-5-8-16-30(25)34/h2-20H,1H3. The van der Waals surface area contributed by atoms with Crippen LogP contribution in [-0.4, -0.2) is 8.07 Å². The molecule has 0 aliphatic carbocycles. The van der Waals surface area contributed by atoms with E-state index < -0.39 is 8.07 Å². The topological polar surface area (TPSA) is 0 Å². The molecule has 158 valence electrons. The number of benzene rings is 6. The van der Waals surface area contributed by atoms with Crippen LogP contribution in [0.25, 0.3) is 43.8 Å². The molecule has 0 saturated carbocycles. The Kier molecular flexibility index (Phi) is 3.45. The van der Waals surface area contributed by atoms with Crippen LogP contribution in [0.15, 0.2) is 115 Å². The third-order valence-electron chi connectivity index (χ3n) is 8.11. The molecule has 34 heavy (non-hydrogen) atoms. The molecule has 0 unspecified atom stereocenters. The van der Waals surface area contributed by atoms with Crippen molar-refractivity contribution in [2.45, 2.75) is 6.92 Å². The van der Waals surface area contributed by atoms with E-state index in [1.807, 2.05) is 0 Å². The zero-order chi connectivity index (χ0) is 22.4. The lowest BCUT2D eigenvalue weighted by atomic mass is 9.92. The quantitative estimate of drug-likeness (QED) is 0.209. The van der Waals surface area contributed by atoms with Crippen LogP contribution in [0.3, 0.4) is 0 Å². The molecule has 0 radical (unpaired) electrons. The molecule has 1 spiro atoms. The van der Waals surface area contributed by atoms with Gasteiger partial charge in [-0.15, -0.1) is 0 Å². The van der Waals surface area contributed by atoms with E-state index in [1.54, 1.807) is 20.7 Å². The summed E-state index contributed by atoms with van der Waals surface area (Å²) < 4.78 is 0. The fourth-order valence-corrected chi connectivity index (χ4v) is 12.8. The molecule has 0 aromatic heterocycles. The summed E-state index contributed by atoms with van der Waals surface area (Å²) in [5.74, 6) is 0. The fourth-order valence-electron chi connectivity index (χ4n) is 6.93. The predicted octanol–water partition coefficient (Wildman–Crippen LogP) is 5.64. The van der Waals surface area contributed by atoms with E-state index in [-0.39, 0.29) is 0 Å². The number of rotatable bonds is 0. The lowest BCUT2D eigenvalue weighted by Gasteiger charge is -2.29. The molecular weight excluding hydrogens is 424 g/mol. The van der Waals surface area contributed by atoms with Gasteiger partial charge < -0.3 is 0 Å². The normalized spacial score (nSPS) is 14.3. The zero-order valence-corrected chi connectivity index (χ0v) is 20.0. The van der Waals surface area contributed by atoms with Gasteiger partial charge in [0.2, 0.25) is 0 Å². The van der Waals surface area contributed by atoms with E-state index in [9.17, 15) is 0 Å². The van der Waals surface area contributed by atoms with Crippen molar-refractivity contribution in [3.63, 3.8) is 0 Å². The third kappa shape index (κ3) is 2.01. The van der Waals surface area contributed by atoms with Crippen LogP contribution in [0, 0.1) is 6.92 Å². The molecule has 0 atom stereocenters. The molecule has 0 fully saturated rings. The third-order valence-corrected chi connectivity index (χ3v) is 13.1. The zero-order valence-electron chi connectivity index (χ0n) is 19.0. The van der Waals surface area contributed by atoms with Crippen molar-refractivity contribution in [1.29, 1.82) is 0 Å². The highest BCUT2D eigenvalue weighted by molar-refractivity contribution is 7.25. The minimum absolute atomic E-state index is 1.32. The first-order valence-corrected chi connectivity index (χ1v) is 14.0. The summed E-state index contributed by atoms with van der Waals surface area (Å²) in [5, 5.41) is 11.8. The predicted molar refractivity (Wildman–Crippen MR) is 148 cm³/mol. The molecule has 6 aromatic rings. The maximum absolute atomic E-state index is 2.45. The van der Waals surface area contributed by atoms with Crippen molar-refractivity contribution in [2.75, 3.05) is 0 Å². The van der Waals surface area contributed by atoms with Gasteiger partial charge in [0.15, 0.2) is 8.07 Å². The summed E-state index contributed by atoms with van der Waals surface area (Å²) in [6.07, 6.45) is 0. The Labute approximate surface area is 200 Å². The summed E-state index contributed by atoms with van der Waals surface area (Å²) in [5.41, 5.74) is 7.04. The van der Waals surface area contributed by atoms with Crippen LogP contribution < -0.4 is 20.7 Å². The summed E-state index contributed by atoms with van der Waals surface area (Å²) >= 11 is 0. The van der Waals surface area contributed by atoms with Gasteiger partial charge in [0.25, 0.3) is 0 Å². The summed E-state index contributed by atoms with van der Waals surface area (Å²) in [6, 6.07) is 43.8. The monoisotopic (exact) mass is 446 g/mol. The van der Waals surface area contributed by atoms with Gasteiger partial charge in [0, 0.05) is 0 Å². The van der Waals surface area contributed by atoms with E-state index in [1.165, 1.54) is 49.4 Å². The van der Waals surface area contributed by atoms with Crippen molar-refractivity contribution < 1.29 is 0 Å². The molecule has 2 aliphatic heterocycles. The smallest absolute Gasteiger partial charge is 0.0623 e. The highest BCUT2D eigenvalue weighted by atomic mass is 28.3. The summed E-state index contributed by atoms with van der Waals surface area (Å²) in [4.78, 5) is 0. The van der Waals surface area contributed by atoms with Gasteiger partial charge in [-0.05, 0) is 71.5 Å². The number of aryl methyl sites for hydroxylation is 1. The van der Waals surface area contributed by atoms with E-state index in [2.05, 4.69) is 122 Å². The molecular formula is C33H22Si. The van der Waals surface area contributed by atoms with E-state index in [0.29, 0.717) is 0 Å². The Morgan fingerprint density at radius 3 is 1.62 bits per heavy atom. The van der Waals surface area contributed by atoms with Crippen LogP contribution in [0.1, 0.15) is 5.56 Å². The van der Waals surface area contributed by atoms with Crippen molar-refractivity contribution >= 4 is 50.4 Å². The molecule has 2 aliphatic rings. The first kappa shape index (κ1) is 18.5. The molecule has 8 rings (SSSR count). The van der Waals surface area contributed by atoms with Crippen LogP contribution in [0.5, 0.6) is 0 Å². The van der Waals surface area contributed by atoms with Crippen LogP contribution in [-0.2, 0) is 0 Å². The number of hydrogen-bond donors (Lipinski definition) is 0. The molecule has 0 saturated heterocycles. The Morgan fingerprint density at radius 2 is 0.941 bits per heavy atom. The molecule has 1 heteroatoms. The van der Waals surface area contributed by atoms with Gasteiger partial charge in [-0.3, -0.25) is 0 Å². The van der Waals surface area contributed by atoms with Gasteiger partial charge in [0.05, 0.1) is 0 Å². The Morgan fingerprint density at radius 1 is 0.441 bits per heavy atom. The van der Waals surface area contributed by atoms with E-state index in [0.717, 1.165) is 0 Å². The second-order valence-electron chi connectivity index (χ2n) is 9.73. The van der Waals surface area contributed by atoms with Gasteiger partial charge in [0.1, 0.15) is 0 Å². The lowest BCUT2D eigenvalue weighted by Crippen LogP contribution is -2.70. The van der Waals surface area contributed by atoms with Crippen molar-refractivity contribution in [1.82, 2.24) is 0 Å². The fraction of sp³-hybridized carbons (Fsp3) is 0.0303. The maximum Gasteiger partial charge on any atom is 0.182 e. The number of fused-ring (bicyclic) bond motifs is 15. The van der Waals surface area contributed by atoms with Crippen molar-refractivity contribution in [2.24, 2.45) is 0 Å². The largest absolute Gasteiger partial charge is 0.182 e. The minimum Gasteiger partial charge on any atom is -0.0623 e. The van der Waals surface area contributed by atoms with Gasteiger partial charge in [-0.1, -0.05) is 121 Å². The first-order chi connectivity index (χ1) is 16.8. The molecule has 6 aromatic carbocycles. The molecule has 0 N–H and O–H groups in total. The van der Waals surface area contributed by atoms with Gasteiger partial charge in [-0.25, -0.2) is 0 Å². The second kappa shape index (κ2) is 6.34.